The van der Waals surface area contributed by atoms with E-state index in [4.69, 9.17) is 9.57 Å². The summed E-state index contributed by atoms with van der Waals surface area (Å²) in [7, 11) is 0. The second-order valence-electron chi connectivity index (χ2n) is 3.89. The maximum absolute atomic E-state index is 11.9. The van der Waals surface area contributed by atoms with Gasteiger partial charge in [0.2, 0.25) is 0 Å². The highest BCUT2D eigenvalue weighted by atomic mass is 16.7. The Hall–Kier alpha value is -2.37. The molecule has 1 heterocycles. The van der Waals surface area contributed by atoms with Crippen LogP contribution in [0, 0.1) is 0 Å². The number of carbonyl (C=O) groups excluding carboxylic acids is 3. The molecule has 2 rings (SSSR count). The smallest absolute Gasteiger partial charge is 0.367 e. The molecule has 1 aromatic carbocycles. The first kappa shape index (κ1) is 13.1. The lowest BCUT2D eigenvalue weighted by molar-refractivity contribution is -0.172. The van der Waals surface area contributed by atoms with Crippen LogP contribution in [0.5, 0.6) is 5.75 Å². The van der Waals surface area contributed by atoms with E-state index in [1.165, 1.54) is 6.07 Å². The van der Waals surface area contributed by atoms with E-state index in [2.05, 4.69) is 0 Å². The molecule has 1 saturated heterocycles. The number of para-hydroxylation sites is 1. The summed E-state index contributed by atoms with van der Waals surface area (Å²) in [4.78, 5) is 39.5. The van der Waals surface area contributed by atoms with Gasteiger partial charge in [-0.1, -0.05) is 12.1 Å². The minimum Gasteiger partial charge on any atom is -0.493 e. The molecule has 0 aromatic heterocycles. The van der Waals surface area contributed by atoms with Gasteiger partial charge in [0.05, 0.1) is 6.61 Å². The molecular weight excluding hydrogens is 250 g/mol. The van der Waals surface area contributed by atoms with Crippen molar-refractivity contribution >= 4 is 17.8 Å². The molecule has 0 aliphatic carbocycles. The largest absolute Gasteiger partial charge is 0.493 e. The second kappa shape index (κ2) is 5.51. The average molecular weight is 263 g/mol. The topological polar surface area (TPSA) is 72.9 Å². The van der Waals surface area contributed by atoms with Gasteiger partial charge < -0.3 is 9.57 Å². The van der Waals surface area contributed by atoms with E-state index in [1.807, 2.05) is 0 Å². The summed E-state index contributed by atoms with van der Waals surface area (Å²) in [6, 6.07) is 6.49. The molecule has 1 aliphatic heterocycles. The van der Waals surface area contributed by atoms with E-state index in [-0.39, 0.29) is 18.4 Å². The van der Waals surface area contributed by atoms with Crippen LogP contribution in [-0.2, 0) is 14.4 Å². The number of carbonyl (C=O) groups is 3. The highest BCUT2D eigenvalue weighted by molar-refractivity contribution is 6.03. The first-order valence-electron chi connectivity index (χ1n) is 5.93. The minimum absolute atomic E-state index is 0.0687. The number of amides is 2. The summed E-state index contributed by atoms with van der Waals surface area (Å²) in [5.74, 6) is -1.44. The molecule has 0 saturated carbocycles. The van der Waals surface area contributed by atoms with Crippen LogP contribution >= 0.6 is 0 Å². The number of hydrogen-bond donors (Lipinski definition) is 0. The predicted molar refractivity (Wildman–Crippen MR) is 64.1 cm³/mol. The molecule has 2 amide bonds. The number of rotatable bonds is 4. The number of nitrogens with zero attached hydrogens (tertiary/aromatic N) is 1. The van der Waals surface area contributed by atoms with Crippen LogP contribution in [0.4, 0.5) is 0 Å². The van der Waals surface area contributed by atoms with Crippen LogP contribution in [0.15, 0.2) is 24.3 Å². The molecule has 1 aliphatic rings. The second-order valence-corrected chi connectivity index (χ2v) is 3.89. The van der Waals surface area contributed by atoms with Gasteiger partial charge in [-0.15, -0.1) is 5.06 Å². The molecule has 0 unspecified atom stereocenters. The lowest BCUT2D eigenvalue weighted by Crippen LogP contribution is -2.32. The van der Waals surface area contributed by atoms with Crippen molar-refractivity contribution in [3.63, 3.8) is 0 Å². The third-order valence-corrected chi connectivity index (χ3v) is 2.59. The summed E-state index contributed by atoms with van der Waals surface area (Å²) in [5.41, 5.74) is 0.178. The Bertz CT molecular complexity index is 510. The first-order valence-corrected chi connectivity index (χ1v) is 5.93. The van der Waals surface area contributed by atoms with Gasteiger partial charge in [-0.05, 0) is 19.1 Å². The molecule has 0 spiro atoms. The van der Waals surface area contributed by atoms with Gasteiger partial charge in [0.25, 0.3) is 11.8 Å². The van der Waals surface area contributed by atoms with Crippen molar-refractivity contribution in [3.8, 4) is 5.75 Å². The summed E-state index contributed by atoms with van der Waals surface area (Å²) in [5, 5.41) is 0.519. The molecular formula is C13H13NO5. The van der Waals surface area contributed by atoms with Crippen molar-refractivity contribution in [3.05, 3.63) is 29.8 Å². The molecule has 1 aromatic rings. The van der Waals surface area contributed by atoms with Crippen molar-refractivity contribution < 1.29 is 24.0 Å². The standard InChI is InChI=1S/C13H13NO5/c1-2-18-10-6-4-3-5-9(10)13(17)19-14-11(15)7-8-12(14)16/h3-6H,2,7-8H2,1H3. The molecule has 0 radical (unpaired) electrons. The fourth-order valence-corrected chi connectivity index (χ4v) is 1.71. The average Bonchev–Trinajstić information content (AvgIpc) is 2.71. The zero-order valence-electron chi connectivity index (χ0n) is 10.4. The molecule has 6 heteroatoms. The molecule has 19 heavy (non-hydrogen) atoms. The van der Waals surface area contributed by atoms with Gasteiger partial charge in [-0.3, -0.25) is 9.59 Å². The number of hydroxylamine groups is 2. The molecule has 0 N–H and O–H groups in total. The lowest BCUT2D eigenvalue weighted by atomic mass is 10.2. The first-order chi connectivity index (χ1) is 9.13. The van der Waals surface area contributed by atoms with Crippen LogP contribution in [0.2, 0.25) is 0 Å². The lowest BCUT2D eigenvalue weighted by Gasteiger charge is -2.14. The fourth-order valence-electron chi connectivity index (χ4n) is 1.71. The van der Waals surface area contributed by atoms with Crippen molar-refractivity contribution in [1.82, 2.24) is 5.06 Å². The maximum atomic E-state index is 11.9. The van der Waals surface area contributed by atoms with E-state index >= 15 is 0 Å². The highest BCUT2D eigenvalue weighted by Gasteiger charge is 2.33. The van der Waals surface area contributed by atoms with Gasteiger partial charge in [-0.25, -0.2) is 4.79 Å². The third kappa shape index (κ3) is 2.73. The van der Waals surface area contributed by atoms with Crippen LogP contribution in [0.25, 0.3) is 0 Å². The molecule has 0 bridgehead atoms. The number of benzene rings is 1. The number of hydrogen-bond acceptors (Lipinski definition) is 5. The van der Waals surface area contributed by atoms with Crippen molar-refractivity contribution in [2.45, 2.75) is 19.8 Å². The van der Waals surface area contributed by atoms with E-state index in [0.29, 0.717) is 17.4 Å². The Morgan fingerprint density at radius 1 is 1.21 bits per heavy atom. The fraction of sp³-hybridized carbons (Fsp3) is 0.308. The van der Waals surface area contributed by atoms with Crippen LogP contribution < -0.4 is 4.74 Å². The minimum atomic E-state index is -0.785. The van der Waals surface area contributed by atoms with Crippen molar-refractivity contribution in [2.24, 2.45) is 0 Å². The predicted octanol–water partition coefficient (Wildman–Crippen LogP) is 1.31. The van der Waals surface area contributed by atoms with E-state index in [1.54, 1.807) is 25.1 Å². The van der Waals surface area contributed by atoms with Crippen molar-refractivity contribution in [1.29, 1.82) is 0 Å². The Morgan fingerprint density at radius 2 is 1.84 bits per heavy atom. The van der Waals surface area contributed by atoms with Gasteiger partial charge >= 0.3 is 5.97 Å². The van der Waals surface area contributed by atoms with Crippen LogP contribution in [0.3, 0.4) is 0 Å². The van der Waals surface area contributed by atoms with Gasteiger partial charge in [0, 0.05) is 12.8 Å². The van der Waals surface area contributed by atoms with E-state index in [9.17, 15) is 14.4 Å². The Morgan fingerprint density at radius 3 is 2.47 bits per heavy atom. The van der Waals surface area contributed by atoms with Crippen molar-refractivity contribution in [2.75, 3.05) is 6.61 Å². The molecule has 0 atom stereocenters. The number of imide groups is 1. The SMILES string of the molecule is CCOc1ccccc1C(=O)ON1C(=O)CCC1=O. The van der Waals surface area contributed by atoms with E-state index in [0.717, 1.165) is 0 Å². The highest BCUT2D eigenvalue weighted by Crippen LogP contribution is 2.21. The van der Waals surface area contributed by atoms with Crippen LogP contribution in [0.1, 0.15) is 30.1 Å². The van der Waals surface area contributed by atoms with Crippen LogP contribution in [-0.4, -0.2) is 29.5 Å². The number of ether oxygens (including phenoxy) is 1. The zero-order valence-corrected chi connectivity index (χ0v) is 10.4. The van der Waals surface area contributed by atoms with Gasteiger partial charge in [0.1, 0.15) is 11.3 Å². The Kier molecular flexibility index (Phi) is 3.79. The zero-order chi connectivity index (χ0) is 13.8. The molecule has 6 nitrogen and oxygen atoms in total. The Labute approximate surface area is 109 Å². The maximum Gasteiger partial charge on any atom is 0.367 e. The summed E-state index contributed by atoms with van der Waals surface area (Å²) >= 11 is 0. The summed E-state index contributed by atoms with van der Waals surface area (Å²) in [6.45, 7) is 2.18. The summed E-state index contributed by atoms with van der Waals surface area (Å²) in [6.07, 6.45) is 0.137. The molecule has 1 fully saturated rings. The molecule has 100 valence electrons. The quantitative estimate of drug-likeness (QED) is 0.766. The Balaban J connectivity index is 2.16. The van der Waals surface area contributed by atoms with E-state index < -0.39 is 17.8 Å². The van der Waals surface area contributed by atoms with Gasteiger partial charge in [0.15, 0.2) is 0 Å². The summed E-state index contributed by atoms with van der Waals surface area (Å²) < 4.78 is 5.29. The monoisotopic (exact) mass is 263 g/mol. The third-order valence-electron chi connectivity index (χ3n) is 2.59. The normalized spacial score (nSPS) is 14.7. The van der Waals surface area contributed by atoms with Gasteiger partial charge in [-0.2, -0.15) is 0 Å².